The first kappa shape index (κ1) is 20.6. The number of hydrogen-bond acceptors (Lipinski definition) is 3. The first-order chi connectivity index (χ1) is 14.7. The fourth-order valence-corrected chi connectivity index (χ4v) is 4.24. The first-order valence-corrected chi connectivity index (χ1v) is 10.6. The molecule has 0 N–H and O–H groups in total. The van der Waals surface area contributed by atoms with Crippen LogP contribution in [0.1, 0.15) is 35.3 Å². The van der Waals surface area contributed by atoms with E-state index in [1.54, 1.807) is 12.1 Å². The number of halogens is 1. The van der Waals surface area contributed by atoms with E-state index in [1.165, 1.54) is 16.7 Å². The average Bonchev–Trinajstić information content (AvgIpc) is 3.14. The molecule has 0 bridgehead atoms. The molecular weight excluding hydrogens is 375 g/mol. The highest BCUT2D eigenvalue weighted by molar-refractivity contribution is 5.31. The predicted octanol–water partition coefficient (Wildman–Crippen LogP) is 5.55. The van der Waals surface area contributed by atoms with Gasteiger partial charge < -0.3 is 4.74 Å². The highest BCUT2D eigenvalue weighted by Crippen LogP contribution is 2.34. The normalized spacial score (nSPS) is 17.4. The Kier molecular flexibility index (Phi) is 6.46. The lowest BCUT2D eigenvalue weighted by atomic mass is 10.1. The fraction of sp³-hybridized carbons (Fsp3) is 0.308. The Labute approximate surface area is 178 Å². The Morgan fingerprint density at radius 3 is 2.07 bits per heavy atom. The molecular formula is C26H29FN2O. The van der Waals surface area contributed by atoms with E-state index in [4.69, 9.17) is 4.74 Å². The molecule has 3 nitrogen and oxygen atoms in total. The van der Waals surface area contributed by atoms with Gasteiger partial charge in [0.05, 0.1) is 12.8 Å². The Bertz CT molecular complexity index is 917. The van der Waals surface area contributed by atoms with Gasteiger partial charge in [-0.05, 0) is 48.7 Å². The van der Waals surface area contributed by atoms with Crippen molar-refractivity contribution in [2.75, 3.05) is 19.7 Å². The molecule has 0 amide bonds. The van der Waals surface area contributed by atoms with Crippen LogP contribution in [-0.2, 0) is 13.1 Å². The van der Waals surface area contributed by atoms with Crippen molar-refractivity contribution in [1.82, 2.24) is 9.80 Å². The van der Waals surface area contributed by atoms with Gasteiger partial charge in [0.2, 0.25) is 0 Å². The zero-order valence-electron chi connectivity index (χ0n) is 17.7. The second-order valence-electron chi connectivity index (χ2n) is 7.83. The zero-order valence-corrected chi connectivity index (χ0v) is 17.7. The minimum atomic E-state index is -0.139. The fourth-order valence-electron chi connectivity index (χ4n) is 4.24. The third-order valence-corrected chi connectivity index (χ3v) is 5.82. The van der Waals surface area contributed by atoms with Crippen molar-refractivity contribution in [3.8, 4) is 5.75 Å². The van der Waals surface area contributed by atoms with Crippen LogP contribution in [-0.4, -0.2) is 29.5 Å². The summed E-state index contributed by atoms with van der Waals surface area (Å²) in [6.07, 6.45) is 0.0971. The number of aryl methyl sites for hydroxylation is 1. The van der Waals surface area contributed by atoms with Crippen molar-refractivity contribution < 1.29 is 9.13 Å². The van der Waals surface area contributed by atoms with Crippen LogP contribution in [0.2, 0.25) is 0 Å². The van der Waals surface area contributed by atoms with Crippen molar-refractivity contribution in [1.29, 1.82) is 0 Å². The smallest absolute Gasteiger partial charge is 0.127 e. The van der Waals surface area contributed by atoms with Crippen LogP contribution in [0.3, 0.4) is 0 Å². The van der Waals surface area contributed by atoms with Crippen LogP contribution < -0.4 is 4.74 Å². The molecule has 1 atom stereocenters. The van der Waals surface area contributed by atoms with Gasteiger partial charge >= 0.3 is 0 Å². The summed E-state index contributed by atoms with van der Waals surface area (Å²) in [6.45, 7) is 8.12. The van der Waals surface area contributed by atoms with Crippen LogP contribution in [0.25, 0.3) is 0 Å². The molecule has 0 unspecified atom stereocenters. The maximum atomic E-state index is 14.4. The van der Waals surface area contributed by atoms with Crippen LogP contribution in [0.15, 0.2) is 72.8 Å². The van der Waals surface area contributed by atoms with Gasteiger partial charge in [-0.25, -0.2) is 4.39 Å². The largest absolute Gasteiger partial charge is 0.494 e. The van der Waals surface area contributed by atoms with E-state index >= 15 is 0 Å². The molecule has 30 heavy (non-hydrogen) atoms. The number of ether oxygens (including phenoxy) is 1. The molecule has 1 saturated heterocycles. The van der Waals surface area contributed by atoms with Crippen LogP contribution >= 0.6 is 0 Å². The highest BCUT2D eigenvalue weighted by Gasteiger charge is 2.33. The molecule has 0 aromatic heterocycles. The van der Waals surface area contributed by atoms with E-state index in [-0.39, 0.29) is 12.0 Å². The molecule has 1 fully saturated rings. The monoisotopic (exact) mass is 404 g/mol. The molecule has 0 spiro atoms. The molecule has 1 aliphatic heterocycles. The van der Waals surface area contributed by atoms with E-state index in [0.29, 0.717) is 13.2 Å². The van der Waals surface area contributed by atoms with E-state index < -0.39 is 0 Å². The van der Waals surface area contributed by atoms with Crippen LogP contribution in [0.4, 0.5) is 4.39 Å². The summed E-state index contributed by atoms with van der Waals surface area (Å²) in [4.78, 5) is 4.85. The average molecular weight is 405 g/mol. The summed E-state index contributed by atoms with van der Waals surface area (Å²) in [7, 11) is 0. The van der Waals surface area contributed by atoms with Crippen molar-refractivity contribution >= 4 is 0 Å². The number of hydrogen-bond donors (Lipinski definition) is 0. The zero-order chi connectivity index (χ0) is 20.9. The van der Waals surface area contributed by atoms with Gasteiger partial charge in [-0.15, -0.1) is 0 Å². The Morgan fingerprint density at radius 2 is 1.43 bits per heavy atom. The van der Waals surface area contributed by atoms with Crippen molar-refractivity contribution in [3.63, 3.8) is 0 Å². The first-order valence-electron chi connectivity index (χ1n) is 10.6. The number of benzene rings is 3. The topological polar surface area (TPSA) is 15.7 Å². The molecule has 4 heteroatoms. The highest BCUT2D eigenvalue weighted by atomic mass is 19.1. The predicted molar refractivity (Wildman–Crippen MR) is 119 cm³/mol. The summed E-state index contributed by atoms with van der Waals surface area (Å²) in [5.41, 5.74) is 4.59. The maximum Gasteiger partial charge on any atom is 0.127 e. The van der Waals surface area contributed by atoms with Gasteiger partial charge in [-0.3, -0.25) is 9.80 Å². The lowest BCUT2D eigenvalue weighted by Gasteiger charge is -2.31. The molecule has 156 valence electrons. The minimum Gasteiger partial charge on any atom is -0.494 e. The minimum absolute atomic E-state index is 0.0971. The van der Waals surface area contributed by atoms with E-state index in [9.17, 15) is 4.39 Å². The van der Waals surface area contributed by atoms with Crippen molar-refractivity contribution in [3.05, 3.63) is 101 Å². The third kappa shape index (κ3) is 4.55. The van der Waals surface area contributed by atoms with Gasteiger partial charge in [0.1, 0.15) is 11.6 Å². The molecule has 3 aromatic carbocycles. The van der Waals surface area contributed by atoms with Gasteiger partial charge in [0, 0.05) is 31.7 Å². The number of rotatable bonds is 7. The van der Waals surface area contributed by atoms with Crippen LogP contribution in [0, 0.1) is 12.7 Å². The summed E-state index contributed by atoms with van der Waals surface area (Å²) in [5, 5.41) is 0. The van der Waals surface area contributed by atoms with Gasteiger partial charge in [0.15, 0.2) is 0 Å². The van der Waals surface area contributed by atoms with Gasteiger partial charge in [-0.1, -0.05) is 54.6 Å². The second-order valence-corrected chi connectivity index (χ2v) is 7.83. The van der Waals surface area contributed by atoms with Gasteiger partial charge in [-0.2, -0.15) is 0 Å². The van der Waals surface area contributed by atoms with Crippen molar-refractivity contribution in [2.24, 2.45) is 0 Å². The molecule has 0 radical (unpaired) electrons. The Hall–Kier alpha value is -2.69. The lowest BCUT2D eigenvalue weighted by Crippen LogP contribution is -2.31. The van der Waals surface area contributed by atoms with Crippen LogP contribution in [0.5, 0.6) is 5.75 Å². The molecule has 3 aromatic rings. The summed E-state index contributed by atoms with van der Waals surface area (Å²) >= 11 is 0. The van der Waals surface area contributed by atoms with Crippen molar-refractivity contribution in [2.45, 2.75) is 33.1 Å². The summed E-state index contributed by atoms with van der Waals surface area (Å²) < 4.78 is 20.0. The quantitative estimate of drug-likeness (QED) is 0.513. The van der Waals surface area contributed by atoms with Gasteiger partial charge in [0.25, 0.3) is 0 Å². The second kappa shape index (κ2) is 9.41. The Balaban J connectivity index is 1.62. The molecule has 1 heterocycles. The van der Waals surface area contributed by atoms with E-state index in [2.05, 4.69) is 53.1 Å². The van der Waals surface area contributed by atoms with E-state index in [1.807, 2.05) is 31.2 Å². The lowest BCUT2D eigenvalue weighted by molar-refractivity contribution is 0.124. The van der Waals surface area contributed by atoms with E-state index in [0.717, 1.165) is 30.9 Å². The number of nitrogens with zero attached hydrogens (tertiary/aromatic N) is 2. The molecule has 0 aliphatic carbocycles. The maximum absolute atomic E-state index is 14.4. The SMILES string of the molecule is CCOc1ccc([C@H]2N(Cc3ccccc3C)CCN2Cc2ccccc2F)cc1. The summed E-state index contributed by atoms with van der Waals surface area (Å²) in [5.74, 6) is 0.741. The molecule has 0 saturated carbocycles. The summed E-state index contributed by atoms with van der Waals surface area (Å²) in [6, 6.07) is 24.0. The standard InChI is InChI=1S/C26H29FN2O/c1-3-30-24-14-12-21(13-15-24)26-28(18-22-9-5-4-8-20(22)2)16-17-29(26)19-23-10-6-7-11-25(23)27/h4-15,26H,3,16-19H2,1-2H3/t26-/m0/s1. The third-order valence-electron chi connectivity index (χ3n) is 5.82. The Morgan fingerprint density at radius 1 is 0.833 bits per heavy atom. The molecule has 1 aliphatic rings. The molecule has 4 rings (SSSR count).